The molecule has 3 rings (SSSR count). The van der Waals surface area contributed by atoms with Gasteiger partial charge in [0.05, 0.1) is 5.52 Å². The number of fused-ring (bicyclic) bond motifs is 1. The van der Waals surface area contributed by atoms with Crippen LogP contribution in [0, 0.1) is 0 Å². The van der Waals surface area contributed by atoms with E-state index in [1.165, 1.54) is 0 Å². The number of carbonyl (C=O) groups is 1. The van der Waals surface area contributed by atoms with Crippen molar-refractivity contribution < 1.29 is 13.2 Å². The van der Waals surface area contributed by atoms with Crippen molar-refractivity contribution in [1.82, 2.24) is 15.1 Å². The average molecular weight is 364 g/mol. The highest BCUT2D eigenvalue weighted by atomic mass is 32.2. The molecule has 1 amide bonds. The summed E-state index contributed by atoms with van der Waals surface area (Å²) in [5.41, 5.74) is 1.42. The first-order valence-corrected chi connectivity index (χ1v) is 10.3. The van der Waals surface area contributed by atoms with Gasteiger partial charge in [0.1, 0.15) is 0 Å². The van der Waals surface area contributed by atoms with Crippen molar-refractivity contribution in [3.8, 4) is 0 Å². The molecule has 0 radical (unpaired) electrons. The number of carbonyl (C=O) groups excluding carboxylic acids is 1. The lowest BCUT2D eigenvalue weighted by molar-refractivity contribution is -0.119. The SMILES string of the molecule is CC(C)n1cc2cc(NC(=O)C3(S(C)(=O)=O)CCNCC3)ccc2n1. The summed E-state index contributed by atoms with van der Waals surface area (Å²) in [4.78, 5) is 12.8. The van der Waals surface area contributed by atoms with Crippen LogP contribution in [0.2, 0.25) is 0 Å². The van der Waals surface area contributed by atoms with Crippen molar-refractivity contribution in [2.75, 3.05) is 24.7 Å². The van der Waals surface area contributed by atoms with Crippen LogP contribution in [0.25, 0.3) is 10.9 Å². The molecule has 1 aromatic carbocycles. The van der Waals surface area contributed by atoms with Crippen LogP contribution < -0.4 is 10.6 Å². The zero-order valence-electron chi connectivity index (χ0n) is 14.7. The summed E-state index contributed by atoms with van der Waals surface area (Å²) in [6, 6.07) is 5.67. The number of piperidine rings is 1. The minimum absolute atomic E-state index is 0.244. The summed E-state index contributed by atoms with van der Waals surface area (Å²) in [5.74, 6) is -0.452. The quantitative estimate of drug-likeness (QED) is 0.862. The topological polar surface area (TPSA) is 93.1 Å². The second kappa shape index (κ2) is 6.42. The molecule has 2 N–H and O–H groups in total. The molecule has 1 aliphatic rings. The van der Waals surface area contributed by atoms with Crippen molar-refractivity contribution in [3.05, 3.63) is 24.4 Å². The summed E-state index contributed by atoms with van der Waals surface area (Å²) >= 11 is 0. The van der Waals surface area contributed by atoms with E-state index in [1.807, 2.05) is 36.9 Å². The Morgan fingerprint density at radius 3 is 2.60 bits per heavy atom. The minimum atomic E-state index is -3.52. The van der Waals surface area contributed by atoms with Crippen LogP contribution in [0.4, 0.5) is 5.69 Å². The first-order chi connectivity index (χ1) is 11.7. The number of hydrogen-bond donors (Lipinski definition) is 2. The Bertz CT molecular complexity index is 896. The summed E-state index contributed by atoms with van der Waals surface area (Å²) in [6.45, 7) is 5.12. The molecule has 2 heterocycles. The van der Waals surface area contributed by atoms with E-state index in [9.17, 15) is 13.2 Å². The molecule has 8 heteroatoms. The number of aromatic nitrogens is 2. The highest BCUT2D eigenvalue weighted by Gasteiger charge is 2.48. The van der Waals surface area contributed by atoms with Gasteiger partial charge in [0, 0.05) is 29.6 Å². The van der Waals surface area contributed by atoms with E-state index in [4.69, 9.17) is 0 Å². The molecule has 25 heavy (non-hydrogen) atoms. The highest BCUT2D eigenvalue weighted by Crippen LogP contribution is 2.30. The number of amides is 1. The fourth-order valence-corrected chi connectivity index (χ4v) is 4.56. The number of rotatable bonds is 4. The third kappa shape index (κ3) is 3.28. The van der Waals surface area contributed by atoms with Gasteiger partial charge in [0.15, 0.2) is 14.6 Å². The monoisotopic (exact) mass is 364 g/mol. The summed E-state index contributed by atoms with van der Waals surface area (Å²) in [5, 5.41) is 11.3. The second-order valence-corrected chi connectivity index (χ2v) is 9.27. The molecule has 1 fully saturated rings. The number of anilines is 1. The zero-order chi connectivity index (χ0) is 18.2. The van der Waals surface area contributed by atoms with E-state index in [-0.39, 0.29) is 18.9 Å². The smallest absolute Gasteiger partial charge is 0.245 e. The van der Waals surface area contributed by atoms with Gasteiger partial charge in [-0.3, -0.25) is 9.48 Å². The minimum Gasteiger partial charge on any atom is -0.325 e. The van der Waals surface area contributed by atoms with Gasteiger partial charge in [0.25, 0.3) is 0 Å². The predicted octanol–water partition coefficient (Wildman–Crippen LogP) is 1.72. The maximum Gasteiger partial charge on any atom is 0.245 e. The maximum absolute atomic E-state index is 12.8. The fraction of sp³-hybridized carbons (Fsp3) is 0.529. The number of benzene rings is 1. The van der Waals surface area contributed by atoms with Crippen LogP contribution in [0.5, 0.6) is 0 Å². The van der Waals surface area contributed by atoms with Crippen molar-refractivity contribution >= 4 is 32.3 Å². The summed E-state index contributed by atoms with van der Waals surface area (Å²) in [6.07, 6.45) is 3.64. The molecule has 136 valence electrons. The van der Waals surface area contributed by atoms with E-state index in [1.54, 1.807) is 6.07 Å². The Balaban J connectivity index is 1.90. The first kappa shape index (κ1) is 17.9. The van der Waals surface area contributed by atoms with Crippen LogP contribution in [-0.2, 0) is 14.6 Å². The number of sulfone groups is 1. The van der Waals surface area contributed by atoms with Gasteiger partial charge < -0.3 is 10.6 Å². The van der Waals surface area contributed by atoms with Crippen molar-refractivity contribution in [2.24, 2.45) is 0 Å². The van der Waals surface area contributed by atoms with Gasteiger partial charge in [-0.05, 0) is 58.0 Å². The molecule has 0 atom stereocenters. The first-order valence-electron chi connectivity index (χ1n) is 8.44. The Hall–Kier alpha value is -1.93. The molecule has 1 aliphatic heterocycles. The third-order valence-corrected chi connectivity index (χ3v) is 6.86. The summed E-state index contributed by atoms with van der Waals surface area (Å²) < 4.78 is 25.2. The Kier molecular flexibility index (Phi) is 4.59. The normalized spacial score (nSPS) is 17.8. The van der Waals surface area contributed by atoms with E-state index >= 15 is 0 Å². The van der Waals surface area contributed by atoms with Crippen LogP contribution in [0.3, 0.4) is 0 Å². The molecule has 1 aromatic heterocycles. The predicted molar refractivity (Wildman–Crippen MR) is 98.4 cm³/mol. The number of nitrogens with zero attached hydrogens (tertiary/aromatic N) is 2. The lowest BCUT2D eigenvalue weighted by atomic mass is 9.95. The molecule has 0 saturated carbocycles. The largest absolute Gasteiger partial charge is 0.325 e. The van der Waals surface area contributed by atoms with Crippen LogP contribution >= 0.6 is 0 Å². The lowest BCUT2D eigenvalue weighted by Gasteiger charge is -2.34. The summed E-state index contributed by atoms with van der Waals surface area (Å²) in [7, 11) is -3.52. The van der Waals surface area contributed by atoms with Gasteiger partial charge in [-0.25, -0.2) is 8.42 Å². The fourth-order valence-electron chi connectivity index (χ4n) is 3.23. The molecule has 7 nitrogen and oxygen atoms in total. The highest BCUT2D eigenvalue weighted by molar-refractivity contribution is 7.92. The van der Waals surface area contributed by atoms with Crippen molar-refractivity contribution in [2.45, 2.75) is 37.5 Å². The van der Waals surface area contributed by atoms with Crippen LogP contribution in [0.15, 0.2) is 24.4 Å². The van der Waals surface area contributed by atoms with Gasteiger partial charge in [-0.15, -0.1) is 0 Å². The average Bonchev–Trinajstić information content (AvgIpc) is 2.98. The van der Waals surface area contributed by atoms with Gasteiger partial charge >= 0.3 is 0 Å². The van der Waals surface area contributed by atoms with Gasteiger partial charge in [-0.1, -0.05) is 0 Å². The molecule has 0 unspecified atom stereocenters. The van der Waals surface area contributed by atoms with Gasteiger partial charge in [-0.2, -0.15) is 5.10 Å². The van der Waals surface area contributed by atoms with Crippen LogP contribution in [-0.4, -0.2) is 48.2 Å². The Labute approximate surface area is 147 Å². The molecular weight excluding hydrogens is 340 g/mol. The molecule has 0 bridgehead atoms. The van der Waals surface area contributed by atoms with Crippen LogP contribution in [0.1, 0.15) is 32.7 Å². The Morgan fingerprint density at radius 2 is 2.00 bits per heavy atom. The maximum atomic E-state index is 12.8. The Morgan fingerprint density at radius 1 is 1.32 bits per heavy atom. The van der Waals surface area contributed by atoms with Crippen molar-refractivity contribution in [3.63, 3.8) is 0 Å². The molecule has 2 aromatic rings. The molecule has 1 saturated heterocycles. The van der Waals surface area contributed by atoms with E-state index in [2.05, 4.69) is 15.7 Å². The van der Waals surface area contributed by atoms with E-state index in [0.717, 1.165) is 17.2 Å². The second-order valence-electron chi connectivity index (χ2n) is 6.95. The standard InChI is InChI=1S/C17H24N4O3S/c1-12(2)21-11-13-10-14(4-5-15(13)20-21)19-16(22)17(25(3,23)24)6-8-18-9-7-17/h4-5,10-12,18H,6-9H2,1-3H3,(H,19,22). The third-order valence-electron chi connectivity index (χ3n) is 4.84. The molecule has 0 aliphatic carbocycles. The van der Waals surface area contributed by atoms with E-state index < -0.39 is 20.5 Å². The number of hydrogen-bond acceptors (Lipinski definition) is 5. The lowest BCUT2D eigenvalue weighted by Crippen LogP contribution is -2.55. The molecule has 0 spiro atoms. The molecular formula is C17H24N4O3S. The number of nitrogens with one attached hydrogen (secondary N) is 2. The van der Waals surface area contributed by atoms with Gasteiger partial charge in [0.2, 0.25) is 5.91 Å². The zero-order valence-corrected chi connectivity index (χ0v) is 15.6. The van der Waals surface area contributed by atoms with Crippen molar-refractivity contribution in [1.29, 1.82) is 0 Å². The van der Waals surface area contributed by atoms with E-state index in [0.29, 0.717) is 18.8 Å².